The van der Waals surface area contributed by atoms with E-state index in [1.807, 2.05) is 19.1 Å². The number of sulfonamides is 1. The number of aryl methyl sites for hydroxylation is 1. The first-order chi connectivity index (χ1) is 8.55. The summed E-state index contributed by atoms with van der Waals surface area (Å²) < 4.78 is 26.0. The van der Waals surface area contributed by atoms with Crippen LogP contribution < -0.4 is 4.72 Å². The zero-order chi connectivity index (χ0) is 13.6. The lowest BCUT2D eigenvalue weighted by Gasteiger charge is -2.11. The monoisotopic (exact) mass is 267 g/mol. The smallest absolute Gasteiger partial charge is 0.228 e. The zero-order valence-electron chi connectivity index (χ0n) is 10.5. The highest BCUT2D eigenvalue weighted by Gasteiger charge is 2.23. The minimum absolute atomic E-state index is 0.129. The molecule has 0 fully saturated rings. The highest BCUT2D eigenvalue weighted by molar-refractivity contribution is 7.90. The molecule has 18 heavy (non-hydrogen) atoms. The predicted molar refractivity (Wildman–Crippen MR) is 69.1 cm³/mol. The van der Waals surface area contributed by atoms with Crippen LogP contribution in [0, 0.1) is 11.3 Å². The van der Waals surface area contributed by atoms with Crippen molar-refractivity contribution < 1.29 is 8.42 Å². The quantitative estimate of drug-likeness (QED) is 0.843. The van der Waals surface area contributed by atoms with Crippen molar-refractivity contribution in [2.75, 3.05) is 0 Å². The molecule has 6 heteroatoms. The van der Waals surface area contributed by atoms with Gasteiger partial charge in [-0.2, -0.15) is 5.26 Å². The molecular formula is C12H17N3O2S. The lowest BCUT2D eigenvalue weighted by molar-refractivity contribution is 0.571. The number of aromatic nitrogens is 1. The number of hydrogen-bond acceptors (Lipinski definition) is 4. The fourth-order valence-electron chi connectivity index (χ4n) is 1.60. The average molecular weight is 267 g/mol. The van der Waals surface area contributed by atoms with E-state index in [0.717, 1.165) is 12.0 Å². The van der Waals surface area contributed by atoms with Crippen LogP contribution in [0.3, 0.4) is 0 Å². The van der Waals surface area contributed by atoms with Crippen molar-refractivity contribution in [1.29, 1.82) is 5.26 Å². The van der Waals surface area contributed by atoms with Gasteiger partial charge in [-0.1, -0.05) is 19.9 Å². The number of hydrogen-bond donors (Lipinski definition) is 1. The number of pyridine rings is 1. The largest absolute Gasteiger partial charge is 0.260 e. The highest BCUT2D eigenvalue weighted by atomic mass is 32.2. The lowest BCUT2D eigenvalue weighted by Crippen LogP contribution is -2.33. The van der Waals surface area contributed by atoms with Crippen LogP contribution >= 0.6 is 0 Å². The van der Waals surface area contributed by atoms with E-state index in [-0.39, 0.29) is 13.0 Å². The van der Waals surface area contributed by atoms with Crippen molar-refractivity contribution in [2.24, 2.45) is 0 Å². The second-order valence-electron chi connectivity index (χ2n) is 3.85. The molecule has 0 radical (unpaired) electrons. The molecule has 0 aliphatic rings. The first-order valence-electron chi connectivity index (χ1n) is 5.86. The van der Waals surface area contributed by atoms with Gasteiger partial charge in [0.2, 0.25) is 10.0 Å². The number of nitrogens with one attached hydrogen (secondary N) is 1. The van der Waals surface area contributed by atoms with Crippen LogP contribution in [0.15, 0.2) is 18.3 Å². The van der Waals surface area contributed by atoms with Crippen LogP contribution in [0.25, 0.3) is 0 Å². The van der Waals surface area contributed by atoms with E-state index in [2.05, 4.69) is 9.71 Å². The average Bonchev–Trinajstić information content (AvgIpc) is 2.38. The molecule has 1 atom stereocenters. The van der Waals surface area contributed by atoms with Gasteiger partial charge >= 0.3 is 0 Å². The van der Waals surface area contributed by atoms with Crippen LogP contribution in [0.4, 0.5) is 0 Å². The molecule has 5 nitrogen and oxygen atoms in total. The third kappa shape index (κ3) is 3.52. The summed E-state index contributed by atoms with van der Waals surface area (Å²) in [5.74, 6) is 0. The molecule has 1 N–H and O–H groups in total. The van der Waals surface area contributed by atoms with E-state index >= 15 is 0 Å². The van der Waals surface area contributed by atoms with Crippen molar-refractivity contribution in [3.05, 3.63) is 29.6 Å². The standard InChI is InChI=1S/C12H17N3O2S/c1-3-10-6-5-7-14-12(10)9-15-18(16,17)11(4-2)8-13/h5-7,11,15H,3-4,9H2,1-2H3. The minimum atomic E-state index is -3.60. The van der Waals surface area contributed by atoms with Gasteiger partial charge in [-0.3, -0.25) is 4.98 Å². The molecule has 0 bridgehead atoms. The van der Waals surface area contributed by atoms with Gasteiger partial charge in [0, 0.05) is 6.20 Å². The van der Waals surface area contributed by atoms with Crippen LogP contribution in [0.1, 0.15) is 31.5 Å². The summed E-state index contributed by atoms with van der Waals surface area (Å²) >= 11 is 0. The molecule has 0 saturated heterocycles. The van der Waals surface area contributed by atoms with Crippen LogP contribution in [-0.2, 0) is 23.0 Å². The first-order valence-corrected chi connectivity index (χ1v) is 7.40. The van der Waals surface area contributed by atoms with Crippen LogP contribution in [0.2, 0.25) is 0 Å². The summed E-state index contributed by atoms with van der Waals surface area (Å²) in [6, 6.07) is 5.52. The predicted octanol–water partition coefficient (Wildman–Crippen LogP) is 1.37. The molecule has 1 unspecified atom stereocenters. The van der Waals surface area contributed by atoms with E-state index in [9.17, 15) is 8.42 Å². The fourth-order valence-corrected chi connectivity index (χ4v) is 2.72. The third-order valence-corrected chi connectivity index (χ3v) is 4.43. The van der Waals surface area contributed by atoms with Gasteiger partial charge in [0.15, 0.2) is 5.25 Å². The van der Waals surface area contributed by atoms with Crippen molar-refractivity contribution in [3.63, 3.8) is 0 Å². The van der Waals surface area contributed by atoms with Gasteiger partial charge in [0.05, 0.1) is 18.3 Å². The van der Waals surface area contributed by atoms with Crippen molar-refractivity contribution in [1.82, 2.24) is 9.71 Å². The first kappa shape index (κ1) is 14.6. The molecular weight excluding hydrogens is 250 g/mol. The summed E-state index contributed by atoms with van der Waals surface area (Å²) in [5.41, 5.74) is 1.71. The minimum Gasteiger partial charge on any atom is -0.260 e. The van der Waals surface area contributed by atoms with E-state index in [1.54, 1.807) is 19.2 Å². The topological polar surface area (TPSA) is 82.8 Å². The molecule has 1 aromatic rings. The maximum absolute atomic E-state index is 11.8. The molecule has 0 aliphatic heterocycles. The van der Waals surface area contributed by atoms with E-state index in [0.29, 0.717) is 5.69 Å². The Balaban J connectivity index is 2.80. The Morgan fingerprint density at radius 3 is 2.78 bits per heavy atom. The van der Waals surface area contributed by atoms with Crippen molar-refractivity contribution >= 4 is 10.0 Å². The van der Waals surface area contributed by atoms with Gasteiger partial charge in [-0.15, -0.1) is 0 Å². The van der Waals surface area contributed by atoms with Crippen molar-refractivity contribution in [2.45, 2.75) is 38.5 Å². The van der Waals surface area contributed by atoms with E-state index < -0.39 is 15.3 Å². The Hall–Kier alpha value is -1.45. The number of rotatable bonds is 6. The van der Waals surface area contributed by atoms with E-state index in [4.69, 9.17) is 5.26 Å². The van der Waals surface area contributed by atoms with Gasteiger partial charge in [-0.25, -0.2) is 13.1 Å². The summed E-state index contributed by atoms with van der Waals surface area (Å²) in [5, 5.41) is 7.77. The molecule has 1 heterocycles. The van der Waals surface area contributed by atoms with Crippen molar-refractivity contribution in [3.8, 4) is 6.07 Å². The molecule has 1 rings (SSSR count). The number of nitriles is 1. The Bertz CT molecular complexity index is 534. The van der Waals surface area contributed by atoms with Gasteiger partial charge in [0.25, 0.3) is 0 Å². The Morgan fingerprint density at radius 2 is 2.22 bits per heavy atom. The molecule has 0 spiro atoms. The second kappa shape index (κ2) is 6.47. The summed E-state index contributed by atoms with van der Waals surface area (Å²) in [6.45, 7) is 3.79. The van der Waals surface area contributed by atoms with Gasteiger partial charge < -0.3 is 0 Å². The summed E-state index contributed by atoms with van der Waals surface area (Å²) in [6.07, 6.45) is 2.69. The normalized spacial score (nSPS) is 12.9. The molecule has 0 aromatic carbocycles. The summed E-state index contributed by atoms with van der Waals surface area (Å²) in [4.78, 5) is 4.15. The number of nitrogens with zero attached hydrogens (tertiary/aromatic N) is 2. The van der Waals surface area contributed by atoms with Gasteiger partial charge in [0.1, 0.15) is 0 Å². The second-order valence-corrected chi connectivity index (χ2v) is 5.80. The molecule has 0 aliphatic carbocycles. The Kier molecular flexibility index (Phi) is 5.25. The molecule has 1 aromatic heterocycles. The third-order valence-electron chi connectivity index (χ3n) is 2.70. The van der Waals surface area contributed by atoms with Crippen LogP contribution in [-0.4, -0.2) is 18.7 Å². The van der Waals surface area contributed by atoms with Crippen LogP contribution in [0.5, 0.6) is 0 Å². The van der Waals surface area contributed by atoms with E-state index in [1.165, 1.54) is 0 Å². The lowest BCUT2D eigenvalue weighted by atomic mass is 10.1. The van der Waals surface area contributed by atoms with Gasteiger partial charge in [-0.05, 0) is 24.5 Å². The Labute approximate surface area is 108 Å². The maximum Gasteiger partial charge on any atom is 0.228 e. The SMILES string of the molecule is CCc1cccnc1CNS(=O)(=O)C(C#N)CC. The summed E-state index contributed by atoms with van der Waals surface area (Å²) in [7, 11) is -3.60. The molecule has 98 valence electrons. The molecule has 0 saturated carbocycles. The molecule has 0 amide bonds. The Morgan fingerprint density at radius 1 is 1.50 bits per heavy atom. The fraction of sp³-hybridized carbons (Fsp3) is 0.500. The zero-order valence-corrected chi connectivity index (χ0v) is 11.4. The highest BCUT2D eigenvalue weighted by Crippen LogP contribution is 2.08. The maximum atomic E-state index is 11.8.